The number of aromatic nitrogens is 3. The summed E-state index contributed by atoms with van der Waals surface area (Å²) in [6.07, 6.45) is 0. The Morgan fingerprint density at radius 3 is 3.00 bits per heavy atom. The monoisotopic (exact) mass is 258 g/mol. The summed E-state index contributed by atoms with van der Waals surface area (Å²) >= 11 is 0. The average Bonchev–Trinajstić information content (AvgIpc) is 2.75. The molecule has 0 unspecified atom stereocenters. The fraction of sp³-hybridized carbons (Fsp3) is 0.167. The Balaban J connectivity index is 2.27. The summed E-state index contributed by atoms with van der Waals surface area (Å²) in [5.41, 5.74) is 1.91. The van der Waals surface area contributed by atoms with Gasteiger partial charge in [-0.3, -0.25) is 4.79 Å². The van der Waals surface area contributed by atoms with Gasteiger partial charge in [-0.05, 0) is 6.07 Å². The largest absolute Gasteiger partial charge is 0.464 e. The smallest absolute Gasteiger partial charge is 0.360 e. The van der Waals surface area contributed by atoms with Gasteiger partial charge in [0, 0.05) is 5.56 Å². The van der Waals surface area contributed by atoms with E-state index in [-0.39, 0.29) is 18.1 Å². The second-order valence-electron chi connectivity index (χ2n) is 4.03. The molecule has 0 fully saturated rings. The third-order valence-electron chi connectivity index (χ3n) is 2.86. The summed E-state index contributed by atoms with van der Waals surface area (Å²) in [4.78, 5) is 23.4. The van der Waals surface area contributed by atoms with Crippen LogP contribution in [0.3, 0.4) is 0 Å². The Morgan fingerprint density at radius 1 is 1.42 bits per heavy atom. The normalized spacial score (nSPS) is 13.0. The van der Waals surface area contributed by atoms with Gasteiger partial charge >= 0.3 is 5.97 Å². The second-order valence-corrected chi connectivity index (χ2v) is 4.03. The molecule has 0 saturated heterocycles. The Kier molecular flexibility index (Phi) is 2.52. The number of esters is 1. The van der Waals surface area contributed by atoms with Crippen LogP contribution in [0.5, 0.6) is 0 Å². The second kappa shape index (κ2) is 4.20. The van der Waals surface area contributed by atoms with Crippen LogP contribution in [0.15, 0.2) is 24.3 Å². The first kappa shape index (κ1) is 11.4. The highest BCUT2D eigenvalue weighted by Crippen LogP contribution is 2.31. The summed E-state index contributed by atoms with van der Waals surface area (Å²) in [5, 5.41) is 10.4. The number of nitrogens with zero attached hydrogens (tertiary/aromatic N) is 3. The van der Waals surface area contributed by atoms with Crippen molar-refractivity contribution in [2.24, 2.45) is 0 Å². The molecule has 0 spiro atoms. The van der Waals surface area contributed by atoms with Crippen molar-refractivity contribution in [3.8, 4) is 11.3 Å². The molecular formula is C12H10N4O3. The quantitative estimate of drug-likeness (QED) is 0.760. The number of hydrogen-bond acceptors (Lipinski definition) is 5. The molecule has 1 aliphatic rings. The number of anilines is 1. The Labute approximate surface area is 108 Å². The minimum absolute atomic E-state index is 0.00794. The van der Waals surface area contributed by atoms with Gasteiger partial charge in [0.05, 0.1) is 12.8 Å². The molecular weight excluding hydrogens is 248 g/mol. The zero-order valence-electron chi connectivity index (χ0n) is 10.1. The van der Waals surface area contributed by atoms with Gasteiger partial charge in [-0.15, -0.1) is 5.10 Å². The minimum Gasteiger partial charge on any atom is -0.464 e. The van der Waals surface area contributed by atoms with E-state index in [0.717, 1.165) is 0 Å². The molecule has 0 aliphatic carbocycles. The number of para-hydroxylation sites is 1. The summed E-state index contributed by atoms with van der Waals surface area (Å²) in [6, 6.07) is 7.17. The number of carbonyl (C=O) groups excluding carboxylic acids is 2. The number of benzene rings is 1. The first-order chi connectivity index (χ1) is 9.20. The van der Waals surface area contributed by atoms with E-state index in [9.17, 15) is 9.59 Å². The molecule has 1 amide bonds. The van der Waals surface area contributed by atoms with Gasteiger partial charge in [-0.1, -0.05) is 23.4 Å². The van der Waals surface area contributed by atoms with Crippen LogP contribution in [-0.2, 0) is 16.1 Å². The van der Waals surface area contributed by atoms with E-state index < -0.39 is 5.97 Å². The number of methoxy groups -OCH3 is 1. The van der Waals surface area contributed by atoms with E-state index in [4.69, 9.17) is 0 Å². The van der Waals surface area contributed by atoms with E-state index in [0.29, 0.717) is 16.9 Å². The molecule has 0 bridgehead atoms. The SMILES string of the molecule is COC(=O)c1nnn2c1-c1ccccc1NC(=O)C2. The summed E-state index contributed by atoms with van der Waals surface area (Å²) in [7, 11) is 1.28. The third-order valence-corrected chi connectivity index (χ3v) is 2.86. The van der Waals surface area contributed by atoms with Crippen LogP contribution in [0.4, 0.5) is 5.69 Å². The first-order valence-corrected chi connectivity index (χ1v) is 5.61. The molecule has 3 rings (SSSR count). The van der Waals surface area contributed by atoms with E-state index in [1.807, 2.05) is 6.07 Å². The number of nitrogens with one attached hydrogen (secondary N) is 1. The maximum atomic E-state index is 11.7. The zero-order valence-corrected chi connectivity index (χ0v) is 10.1. The molecule has 7 nitrogen and oxygen atoms in total. The summed E-state index contributed by atoms with van der Waals surface area (Å²) < 4.78 is 6.08. The lowest BCUT2D eigenvalue weighted by Crippen LogP contribution is -2.17. The maximum Gasteiger partial charge on any atom is 0.360 e. The number of ether oxygens (including phenoxy) is 1. The topological polar surface area (TPSA) is 86.1 Å². The Morgan fingerprint density at radius 2 is 2.21 bits per heavy atom. The number of amides is 1. The number of hydrogen-bond donors (Lipinski definition) is 1. The van der Waals surface area contributed by atoms with Crippen molar-refractivity contribution < 1.29 is 14.3 Å². The van der Waals surface area contributed by atoms with E-state index in [1.165, 1.54) is 11.8 Å². The molecule has 7 heteroatoms. The van der Waals surface area contributed by atoms with Crippen LogP contribution < -0.4 is 5.32 Å². The van der Waals surface area contributed by atoms with Crippen LogP contribution in [0, 0.1) is 0 Å². The van der Waals surface area contributed by atoms with E-state index in [1.54, 1.807) is 18.2 Å². The molecule has 1 aliphatic heterocycles. The van der Waals surface area contributed by atoms with Gasteiger partial charge in [-0.25, -0.2) is 9.48 Å². The van der Waals surface area contributed by atoms with Crippen molar-refractivity contribution in [2.75, 3.05) is 12.4 Å². The van der Waals surface area contributed by atoms with Crippen molar-refractivity contribution in [3.05, 3.63) is 30.0 Å². The van der Waals surface area contributed by atoms with Crippen molar-refractivity contribution >= 4 is 17.6 Å². The standard InChI is InChI=1S/C12H10N4O3/c1-19-12(18)10-11-7-4-2-3-5-8(7)13-9(17)6-16(11)15-14-10/h2-5H,6H2,1H3,(H,13,17). The number of carbonyl (C=O) groups is 2. The molecule has 96 valence electrons. The average molecular weight is 258 g/mol. The minimum atomic E-state index is -0.578. The lowest BCUT2D eigenvalue weighted by atomic mass is 10.1. The fourth-order valence-corrected chi connectivity index (χ4v) is 2.05. The van der Waals surface area contributed by atoms with Crippen molar-refractivity contribution in [2.45, 2.75) is 6.54 Å². The van der Waals surface area contributed by atoms with Gasteiger partial charge < -0.3 is 10.1 Å². The van der Waals surface area contributed by atoms with Crippen LogP contribution in [0.25, 0.3) is 11.3 Å². The third kappa shape index (κ3) is 1.75. The number of rotatable bonds is 1. The van der Waals surface area contributed by atoms with Crippen LogP contribution in [-0.4, -0.2) is 34.0 Å². The van der Waals surface area contributed by atoms with Gasteiger partial charge in [0.1, 0.15) is 12.2 Å². The number of fused-ring (bicyclic) bond motifs is 3. The lowest BCUT2D eigenvalue weighted by molar-refractivity contribution is -0.116. The Hall–Kier alpha value is -2.70. The van der Waals surface area contributed by atoms with Crippen molar-refractivity contribution in [1.29, 1.82) is 0 Å². The lowest BCUT2D eigenvalue weighted by Gasteiger charge is -2.06. The summed E-state index contributed by atoms with van der Waals surface area (Å²) in [6.45, 7) is 0.00794. The van der Waals surface area contributed by atoms with Gasteiger partial charge in [0.25, 0.3) is 0 Å². The predicted molar refractivity (Wildman–Crippen MR) is 65.4 cm³/mol. The van der Waals surface area contributed by atoms with Crippen LogP contribution >= 0.6 is 0 Å². The molecule has 0 radical (unpaired) electrons. The first-order valence-electron chi connectivity index (χ1n) is 5.61. The highest BCUT2D eigenvalue weighted by Gasteiger charge is 2.27. The summed E-state index contributed by atoms with van der Waals surface area (Å²) in [5.74, 6) is -0.794. The Bertz CT molecular complexity index is 677. The van der Waals surface area contributed by atoms with E-state index >= 15 is 0 Å². The zero-order chi connectivity index (χ0) is 13.4. The van der Waals surface area contributed by atoms with Gasteiger partial charge in [0.2, 0.25) is 5.91 Å². The highest BCUT2D eigenvalue weighted by molar-refractivity contribution is 6.01. The molecule has 1 N–H and O–H groups in total. The van der Waals surface area contributed by atoms with Crippen LogP contribution in [0.1, 0.15) is 10.5 Å². The maximum absolute atomic E-state index is 11.7. The highest BCUT2D eigenvalue weighted by atomic mass is 16.5. The molecule has 1 aromatic heterocycles. The molecule has 2 heterocycles. The molecule has 19 heavy (non-hydrogen) atoms. The predicted octanol–water partition coefficient (Wildman–Crippen LogP) is 0.684. The van der Waals surface area contributed by atoms with Crippen molar-refractivity contribution in [3.63, 3.8) is 0 Å². The molecule has 0 saturated carbocycles. The molecule has 0 atom stereocenters. The fourth-order valence-electron chi connectivity index (χ4n) is 2.05. The van der Waals surface area contributed by atoms with Crippen molar-refractivity contribution in [1.82, 2.24) is 15.0 Å². The van der Waals surface area contributed by atoms with Gasteiger partial charge in [0.15, 0.2) is 5.69 Å². The molecule has 2 aromatic rings. The molecule has 1 aromatic carbocycles. The van der Waals surface area contributed by atoms with E-state index in [2.05, 4.69) is 20.4 Å². The van der Waals surface area contributed by atoms with Gasteiger partial charge in [-0.2, -0.15) is 0 Å². The van der Waals surface area contributed by atoms with Crippen LogP contribution in [0.2, 0.25) is 0 Å².